The molecule has 0 saturated heterocycles. The number of para-hydroxylation sites is 1. The maximum absolute atomic E-state index is 11.0. The van der Waals surface area contributed by atoms with Crippen LogP contribution in [0.15, 0.2) is 18.2 Å². The first-order chi connectivity index (χ1) is 8.06. The zero-order valence-electron chi connectivity index (χ0n) is 9.68. The fourth-order valence-corrected chi connectivity index (χ4v) is 1.66. The number of rotatable bonds is 6. The zero-order valence-corrected chi connectivity index (χ0v) is 9.68. The summed E-state index contributed by atoms with van der Waals surface area (Å²) in [7, 11) is 0. The third-order valence-electron chi connectivity index (χ3n) is 2.41. The van der Waals surface area contributed by atoms with E-state index in [9.17, 15) is 4.79 Å². The summed E-state index contributed by atoms with van der Waals surface area (Å²) in [4.78, 5) is 11.0. The summed E-state index contributed by atoms with van der Waals surface area (Å²) >= 11 is 0. The average Bonchev–Trinajstić information content (AvgIpc) is 2.27. The number of carboxylic acids is 1. The van der Waals surface area contributed by atoms with Gasteiger partial charge in [0.15, 0.2) is 6.29 Å². The van der Waals surface area contributed by atoms with E-state index in [-0.39, 0.29) is 12.0 Å². The number of carbonyl (C=O) groups is 1. The van der Waals surface area contributed by atoms with Crippen molar-refractivity contribution in [2.24, 2.45) is 0 Å². The Kier molecular flexibility index (Phi) is 4.93. The van der Waals surface area contributed by atoms with Crippen LogP contribution in [0.5, 0.6) is 0 Å². The number of nitrogens with one attached hydrogen (secondary N) is 1. The molecule has 94 valence electrons. The van der Waals surface area contributed by atoms with Crippen LogP contribution in [0.3, 0.4) is 0 Å². The molecule has 0 radical (unpaired) electrons. The van der Waals surface area contributed by atoms with Gasteiger partial charge in [-0.25, -0.2) is 4.79 Å². The molecule has 5 heteroatoms. The first kappa shape index (κ1) is 13.5. The lowest BCUT2D eigenvalue weighted by molar-refractivity contribution is -0.0446. The van der Waals surface area contributed by atoms with E-state index in [1.807, 2.05) is 6.92 Å². The maximum Gasteiger partial charge on any atom is 0.337 e. The minimum absolute atomic E-state index is 0.182. The number of aliphatic hydroxyl groups excluding tert-OH is 1. The Morgan fingerprint density at radius 2 is 2.12 bits per heavy atom. The molecule has 0 spiro atoms. The van der Waals surface area contributed by atoms with Gasteiger partial charge in [-0.2, -0.15) is 0 Å². The van der Waals surface area contributed by atoms with Crippen molar-refractivity contribution >= 4 is 11.7 Å². The predicted octanol–water partition coefficient (Wildman–Crippen LogP) is 1.06. The van der Waals surface area contributed by atoms with Gasteiger partial charge in [0.1, 0.15) is 0 Å². The van der Waals surface area contributed by atoms with Crippen LogP contribution >= 0.6 is 0 Å². The van der Waals surface area contributed by atoms with Crippen molar-refractivity contribution in [2.75, 3.05) is 11.9 Å². The highest BCUT2D eigenvalue weighted by atomic mass is 16.5. The summed E-state index contributed by atoms with van der Waals surface area (Å²) in [6, 6.07) is 4.97. The van der Waals surface area contributed by atoms with Crippen molar-refractivity contribution < 1.29 is 20.1 Å². The monoisotopic (exact) mass is 239 g/mol. The van der Waals surface area contributed by atoms with Gasteiger partial charge in [-0.3, -0.25) is 0 Å². The lowest BCUT2D eigenvalue weighted by Crippen LogP contribution is -2.11. The summed E-state index contributed by atoms with van der Waals surface area (Å²) in [5, 5.41) is 29.7. The molecule has 0 heterocycles. The summed E-state index contributed by atoms with van der Waals surface area (Å²) in [5.41, 5.74) is 1.54. The Balaban J connectivity index is 3.01. The van der Waals surface area contributed by atoms with Crippen molar-refractivity contribution in [1.82, 2.24) is 0 Å². The van der Waals surface area contributed by atoms with Gasteiger partial charge in [-0.1, -0.05) is 12.1 Å². The van der Waals surface area contributed by atoms with Crippen LogP contribution in [0.1, 0.15) is 29.3 Å². The van der Waals surface area contributed by atoms with E-state index >= 15 is 0 Å². The van der Waals surface area contributed by atoms with Gasteiger partial charge in [-0.15, -0.1) is 0 Å². The number of hydrogen-bond acceptors (Lipinski definition) is 4. The number of aliphatic hydroxyl groups is 2. The Hall–Kier alpha value is -1.59. The maximum atomic E-state index is 11.0. The molecule has 1 aromatic rings. The Morgan fingerprint density at radius 1 is 1.41 bits per heavy atom. The van der Waals surface area contributed by atoms with Gasteiger partial charge in [0, 0.05) is 13.0 Å². The van der Waals surface area contributed by atoms with Gasteiger partial charge in [0.2, 0.25) is 0 Å². The lowest BCUT2D eigenvalue weighted by atomic mass is 10.0. The Bertz CT molecular complexity index is 390. The van der Waals surface area contributed by atoms with Gasteiger partial charge >= 0.3 is 5.97 Å². The van der Waals surface area contributed by atoms with Crippen LogP contribution in [0.2, 0.25) is 0 Å². The van der Waals surface area contributed by atoms with Crippen molar-refractivity contribution in [2.45, 2.75) is 26.1 Å². The second kappa shape index (κ2) is 6.22. The first-order valence-electron chi connectivity index (χ1n) is 5.51. The van der Waals surface area contributed by atoms with E-state index in [1.54, 1.807) is 12.1 Å². The van der Waals surface area contributed by atoms with E-state index in [4.69, 9.17) is 15.3 Å². The number of benzene rings is 1. The molecule has 0 aliphatic rings. The Morgan fingerprint density at radius 3 is 2.65 bits per heavy atom. The van der Waals surface area contributed by atoms with Crippen LogP contribution < -0.4 is 5.32 Å². The average molecular weight is 239 g/mol. The standard InChI is InChI=1S/C12H17NO4/c1-2-13-11-8(6-7-10(14)15)4-3-5-9(11)12(16)17/h3-5,10,13-15H,2,6-7H2,1H3,(H,16,17). The zero-order chi connectivity index (χ0) is 12.8. The third kappa shape index (κ3) is 3.72. The van der Waals surface area contributed by atoms with E-state index in [1.165, 1.54) is 6.07 Å². The highest BCUT2D eigenvalue weighted by Crippen LogP contribution is 2.23. The number of hydrogen-bond donors (Lipinski definition) is 4. The van der Waals surface area contributed by atoms with Crippen molar-refractivity contribution in [1.29, 1.82) is 0 Å². The number of anilines is 1. The predicted molar refractivity (Wildman–Crippen MR) is 64.1 cm³/mol. The molecule has 5 nitrogen and oxygen atoms in total. The molecular weight excluding hydrogens is 222 g/mol. The van der Waals surface area contributed by atoms with E-state index in [0.29, 0.717) is 18.7 Å². The minimum atomic E-state index is -1.38. The van der Waals surface area contributed by atoms with Gasteiger partial charge in [0.25, 0.3) is 0 Å². The highest BCUT2D eigenvalue weighted by Gasteiger charge is 2.13. The minimum Gasteiger partial charge on any atom is -0.478 e. The van der Waals surface area contributed by atoms with Crippen molar-refractivity contribution in [3.8, 4) is 0 Å². The van der Waals surface area contributed by atoms with Gasteiger partial charge < -0.3 is 20.6 Å². The quantitative estimate of drug-likeness (QED) is 0.557. The van der Waals surface area contributed by atoms with Crippen molar-refractivity contribution in [3.05, 3.63) is 29.3 Å². The second-order valence-corrected chi connectivity index (χ2v) is 3.69. The second-order valence-electron chi connectivity index (χ2n) is 3.69. The smallest absolute Gasteiger partial charge is 0.337 e. The first-order valence-corrected chi connectivity index (χ1v) is 5.51. The number of aromatic carboxylic acids is 1. The molecule has 0 amide bonds. The molecule has 4 N–H and O–H groups in total. The molecule has 0 atom stereocenters. The van der Waals surface area contributed by atoms with Crippen molar-refractivity contribution in [3.63, 3.8) is 0 Å². The molecule has 0 fully saturated rings. The molecule has 0 aromatic heterocycles. The number of aryl methyl sites for hydroxylation is 1. The fraction of sp³-hybridized carbons (Fsp3) is 0.417. The van der Waals surface area contributed by atoms with Crippen LogP contribution in [-0.2, 0) is 6.42 Å². The highest BCUT2D eigenvalue weighted by molar-refractivity contribution is 5.95. The topological polar surface area (TPSA) is 89.8 Å². The summed E-state index contributed by atoms with van der Waals surface area (Å²) in [6.45, 7) is 2.49. The van der Waals surface area contributed by atoms with E-state index in [0.717, 1.165) is 5.56 Å². The largest absolute Gasteiger partial charge is 0.478 e. The van der Waals surface area contributed by atoms with Crippen LogP contribution in [0.25, 0.3) is 0 Å². The summed E-state index contributed by atoms with van der Waals surface area (Å²) in [6.07, 6.45) is -0.777. The van der Waals surface area contributed by atoms with E-state index < -0.39 is 12.3 Å². The van der Waals surface area contributed by atoms with Crippen LogP contribution in [-0.4, -0.2) is 34.1 Å². The normalized spacial score (nSPS) is 10.6. The SMILES string of the molecule is CCNc1c(CCC(O)O)cccc1C(=O)O. The molecule has 17 heavy (non-hydrogen) atoms. The summed E-state index contributed by atoms with van der Waals surface area (Å²) < 4.78 is 0. The molecule has 1 rings (SSSR count). The molecule has 0 unspecified atom stereocenters. The number of carboxylic acid groups (broad SMARTS) is 1. The summed E-state index contributed by atoms with van der Waals surface area (Å²) in [5.74, 6) is -0.993. The molecule has 0 aliphatic carbocycles. The fourth-order valence-electron chi connectivity index (χ4n) is 1.66. The lowest BCUT2D eigenvalue weighted by Gasteiger charge is -2.14. The third-order valence-corrected chi connectivity index (χ3v) is 2.41. The van der Waals surface area contributed by atoms with Gasteiger partial charge in [0.05, 0.1) is 11.3 Å². The van der Waals surface area contributed by atoms with Crippen LogP contribution in [0, 0.1) is 0 Å². The molecule has 0 bridgehead atoms. The molecule has 1 aromatic carbocycles. The van der Waals surface area contributed by atoms with E-state index in [2.05, 4.69) is 5.32 Å². The van der Waals surface area contributed by atoms with Crippen LogP contribution in [0.4, 0.5) is 5.69 Å². The van der Waals surface area contributed by atoms with Gasteiger partial charge in [-0.05, 0) is 25.0 Å². The molecule has 0 aliphatic heterocycles. The Labute approximate surface area is 99.7 Å². The molecule has 0 saturated carbocycles. The molecular formula is C12H17NO4.